The van der Waals surface area contributed by atoms with E-state index < -0.39 is 0 Å². The summed E-state index contributed by atoms with van der Waals surface area (Å²) in [5.41, 5.74) is 2.57. The topological polar surface area (TPSA) is 45.7 Å². The molecule has 1 aromatic heterocycles. The average molecular weight is 459 g/mol. The van der Waals surface area contributed by atoms with Gasteiger partial charge in [0, 0.05) is 20.1 Å². The van der Waals surface area contributed by atoms with Crippen molar-refractivity contribution >= 4 is 41.3 Å². The molecule has 0 amide bonds. The van der Waals surface area contributed by atoms with E-state index in [1.165, 1.54) is 11.1 Å². The van der Waals surface area contributed by atoms with E-state index >= 15 is 0 Å². The normalized spacial score (nSPS) is 12.2. The number of hydrogen-bond donors (Lipinski definition) is 2. The molecule has 1 heterocycles. The van der Waals surface area contributed by atoms with E-state index in [-0.39, 0.29) is 24.0 Å². The summed E-state index contributed by atoms with van der Waals surface area (Å²) in [5, 5.41) is 11.1. The number of hydrogen-bond acceptors (Lipinski definition) is 3. The van der Waals surface area contributed by atoms with Crippen LogP contribution >= 0.6 is 35.3 Å². The molecule has 6 heteroatoms. The van der Waals surface area contributed by atoms with Gasteiger partial charge in [-0.05, 0) is 46.4 Å². The third-order valence-corrected chi connectivity index (χ3v) is 4.49. The number of halogens is 1. The molecule has 1 unspecified atom stereocenters. The van der Waals surface area contributed by atoms with Gasteiger partial charge in [-0.1, -0.05) is 25.1 Å². The van der Waals surface area contributed by atoms with Crippen molar-refractivity contribution in [3.05, 3.63) is 52.2 Å². The van der Waals surface area contributed by atoms with E-state index in [0.717, 1.165) is 31.2 Å². The predicted molar refractivity (Wildman–Crippen MR) is 114 cm³/mol. The van der Waals surface area contributed by atoms with Crippen LogP contribution in [0.5, 0.6) is 5.75 Å². The van der Waals surface area contributed by atoms with Crippen LogP contribution in [0.25, 0.3) is 0 Å². The highest BCUT2D eigenvalue weighted by Crippen LogP contribution is 2.18. The zero-order valence-corrected chi connectivity index (χ0v) is 17.6. The first-order valence-corrected chi connectivity index (χ1v) is 8.77. The molecule has 0 saturated heterocycles. The second-order valence-corrected chi connectivity index (χ2v) is 6.18. The van der Waals surface area contributed by atoms with Crippen LogP contribution in [0.2, 0.25) is 0 Å². The third kappa shape index (κ3) is 6.32. The fourth-order valence-corrected chi connectivity index (χ4v) is 3.15. The molecule has 0 saturated carbocycles. The molecule has 2 N–H and O–H groups in total. The lowest BCUT2D eigenvalue weighted by Crippen LogP contribution is -2.39. The summed E-state index contributed by atoms with van der Waals surface area (Å²) in [4.78, 5) is 4.28. The lowest BCUT2D eigenvalue weighted by molar-refractivity contribution is 0.409. The molecule has 0 aliphatic carbocycles. The Balaban J connectivity index is 0.00000288. The maximum atomic E-state index is 5.38. The Morgan fingerprint density at radius 3 is 2.71 bits per heavy atom. The minimum Gasteiger partial charge on any atom is -0.496 e. The molecule has 0 aliphatic rings. The summed E-state index contributed by atoms with van der Waals surface area (Å²) in [6.45, 7) is 3.90. The number of guanidine groups is 1. The number of aliphatic imine (C=N–C) groups is 1. The van der Waals surface area contributed by atoms with Crippen molar-refractivity contribution in [3.63, 3.8) is 0 Å². The number of benzene rings is 1. The molecule has 4 nitrogen and oxygen atoms in total. The van der Waals surface area contributed by atoms with Gasteiger partial charge in [0.2, 0.25) is 0 Å². The summed E-state index contributed by atoms with van der Waals surface area (Å²) in [6.07, 6.45) is 0.894. The highest BCUT2D eigenvalue weighted by atomic mass is 127. The fraction of sp³-hybridized carbons (Fsp3) is 0.389. The Bertz CT molecular complexity index is 616. The maximum absolute atomic E-state index is 5.38. The van der Waals surface area contributed by atoms with Gasteiger partial charge in [-0.2, -0.15) is 11.3 Å². The summed E-state index contributed by atoms with van der Waals surface area (Å²) in [7, 11) is 3.51. The van der Waals surface area contributed by atoms with Crippen molar-refractivity contribution in [1.29, 1.82) is 0 Å². The minimum absolute atomic E-state index is 0. The number of thiophene rings is 1. The summed E-state index contributed by atoms with van der Waals surface area (Å²) in [6, 6.07) is 10.3. The number of ether oxygens (including phenoxy) is 1. The van der Waals surface area contributed by atoms with Gasteiger partial charge < -0.3 is 15.4 Å². The lowest BCUT2D eigenvalue weighted by Gasteiger charge is -2.16. The zero-order chi connectivity index (χ0) is 16.5. The molecule has 132 valence electrons. The van der Waals surface area contributed by atoms with Gasteiger partial charge in [-0.3, -0.25) is 4.99 Å². The number of rotatable bonds is 7. The zero-order valence-electron chi connectivity index (χ0n) is 14.4. The SMILES string of the molecule is CN=C(NCCc1ccccc1OC)NCC(C)c1ccsc1.I. The van der Waals surface area contributed by atoms with Crippen LogP contribution in [-0.4, -0.2) is 33.2 Å². The van der Waals surface area contributed by atoms with Crippen LogP contribution in [0.4, 0.5) is 0 Å². The van der Waals surface area contributed by atoms with E-state index in [2.05, 4.69) is 45.4 Å². The van der Waals surface area contributed by atoms with Crippen LogP contribution in [0.3, 0.4) is 0 Å². The smallest absolute Gasteiger partial charge is 0.191 e. The van der Waals surface area contributed by atoms with E-state index in [4.69, 9.17) is 4.74 Å². The highest BCUT2D eigenvalue weighted by Gasteiger charge is 2.07. The predicted octanol–water partition coefficient (Wildman–Crippen LogP) is 3.89. The van der Waals surface area contributed by atoms with Crippen LogP contribution in [0.1, 0.15) is 24.0 Å². The lowest BCUT2D eigenvalue weighted by atomic mass is 10.1. The Labute approximate surface area is 165 Å². The highest BCUT2D eigenvalue weighted by molar-refractivity contribution is 14.0. The summed E-state index contributed by atoms with van der Waals surface area (Å²) in [5.74, 6) is 2.24. The average Bonchev–Trinajstić information content (AvgIpc) is 3.12. The molecule has 0 spiro atoms. The minimum atomic E-state index is 0. The number of nitrogens with one attached hydrogen (secondary N) is 2. The number of para-hydroxylation sites is 1. The summed E-state index contributed by atoms with van der Waals surface area (Å²) >= 11 is 1.74. The first kappa shape index (κ1) is 20.8. The van der Waals surface area contributed by atoms with Gasteiger partial charge in [0.15, 0.2) is 5.96 Å². The Hall–Kier alpha value is -1.28. The quantitative estimate of drug-likeness (QED) is 0.375. The fourth-order valence-electron chi connectivity index (χ4n) is 2.37. The Kier molecular flexibility index (Phi) is 9.78. The van der Waals surface area contributed by atoms with Gasteiger partial charge in [-0.25, -0.2) is 0 Å². The van der Waals surface area contributed by atoms with Gasteiger partial charge >= 0.3 is 0 Å². The molecule has 0 aliphatic heterocycles. The van der Waals surface area contributed by atoms with Crippen molar-refractivity contribution in [2.75, 3.05) is 27.2 Å². The standard InChI is InChI=1S/C18H25N3OS.HI/c1-14(16-9-11-23-13-16)12-21-18(19-2)20-10-8-15-6-4-5-7-17(15)22-3;/h4-7,9,11,13-14H,8,10,12H2,1-3H3,(H2,19,20,21);1H. The largest absolute Gasteiger partial charge is 0.496 e. The van der Waals surface area contributed by atoms with Crippen LogP contribution in [-0.2, 0) is 6.42 Å². The van der Waals surface area contributed by atoms with Gasteiger partial charge in [-0.15, -0.1) is 24.0 Å². The van der Waals surface area contributed by atoms with Crippen molar-refractivity contribution in [3.8, 4) is 5.75 Å². The third-order valence-electron chi connectivity index (χ3n) is 3.79. The Morgan fingerprint density at radius 1 is 1.25 bits per heavy atom. The first-order valence-electron chi connectivity index (χ1n) is 7.83. The number of nitrogens with zero attached hydrogens (tertiary/aromatic N) is 1. The van der Waals surface area contributed by atoms with Gasteiger partial charge in [0.25, 0.3) is 0 Å². The molecule has 0 bridgehead atoms. The van der Waals surface area contributed by atoms with E-state index in [1.807, 2.05) is 18.2 Å². The molecule has 24 heavy (non-hydrogen) atoms. The van der Waals surface area contributed by atoms with E-state index in [9.17, 15) is 0 Å². The second-order valence-electron chi connectivity index (χ2n) is 5.40. The van der Waals surface area contributed by atoms with Crippen molar-refractivity contribution < 1.29 is 4.74 Å². The Morgan fingerprint density at radius 2 is 2.04 bits per heavy atom. The molecular weight excluding hydrogens is 433 g/mol. The monoisotopic (exact) mass is 459 g/mol. The molecule has 1 aromatic carbocycles. The van der Waals surface area contributed by atoms with Crippen LogP contribution in [0, 0.1) is 0 Å². The maximum Gasteiger partial charge on any atom is 0.191 e. The molecule has 0 fully saturated rings. The molecule has 2 aromatic rings. The van der Waals surface area contributed by atoms with E-state index in [1.54, 1.807) is 25.5 Å². The second kappa shape index (κ2) is 11.3. The van der Waals surface area contributed by atoms with Crippen molar-refractivity contribution in [2.45, 2.75) is 19.3 Å². The van der Waals surface area contributed by atoms with Crippen LogP contribution < -0.4 is 15.4 Å². The van der Waals surface area contributed by atoms with E-state index in [0.29, 0.717) is 5.92 Å². The van der Waals surface area contributed by atoms with Crippen molar-refractivity contribution in [2.24, 2.45) is 4.99 Å². The molecule has 1 atom stereocenters. The summed E-state index contributed by atoms with van der Waals surface area (Å²) < 4.78 is 5.38. The molecule has 2 rings (SSSR count). The van der Waals surface area contributed by atoms with Gasteiger partial charge in [0.05, 0.1) is 7.11 Å². The van der Waals surface area contributed by atoms with Gasteiger partial charge in [0.1, 0.15) is 5.75 Å². The first-order chi connectivity index (χ1) is 11.2. The number of methoxy groups -OCH3 is 1. The molecule has 0 radical (unpaired) electrons. The molecular formula is C18H26IN3OS. The van der Waals surface area contributed by atoms with Crippen molar-refractivity contribution in [1.82, 2.24) is 10.6 Å². The van der Waals surface area contributed by atoms with Crippen LogP contribution in [0.15, 0.2) is 46.1 Å².